The quantitative estimate of drug-likeness (QED) is 0.852. The molecule has 0 saturated heterocycles. The third-order valence-electron chi connectivity index (χ3n) is 3.11. The Morgan fingerprint density at radius 2 is 2.00 bits per heavy atom. The second-order valence-electron chi connectivity index (χ2n) is 4.95. The molecule has 0 atom stereocenters. The molecule has 1 aromatic carbocycles. The van der Waals surface area contributed by atoms with Crippen molar-refractivity contribution < 1.29 is 14.7 Å². The molecule has 1 amide bonds. The fraction of sp³-hybridized carbons (Fsp3) is 0.312. The van der Waals surface area contributed by atoms with E-state index in [0.29, 0.717) is 18.5 Å². The van der Waals surface area contributed by atoms with Gasteiger partial charge in [-0.25, -0.2) is 4.98 Å². The smallest absolute Gasteiger partial charge is 0.323 e. The monoisotopic (exact) mass is 318 g/mol. The first-order valence-corrected chi connectivity index (χ1v) is 7.92. The molecule has 0 fully saturated rings. The number of carbonyl (C=O) groups excluding carboxylic acids is 1. The van der Waals surface area contributed by atoms with Crippen molar-refractivity contribution in [2.75, 3.05) is 11.4 Å². The number of carbonyl (C=O) groups is 2. The highest BCUT2D eigenvalue weighted by Gasteiger charge is 2.18. The van der Waals surface area contributed by atoms with Crippen LogP contribution in [0.3, 0.4) is 0 Å². The van der Waals surface area contributed by atoms with E-state index in [9.17, 15) is 9.59 Å². The summed E-state index contributed by atoms with van der Waals surface area (Å²) in [5.41, 5.74) is 1.60. The Labute approximate surface area is 133 Å². The summed E-state index contributed by atoms with van der Waals surface area (Å²) >= 11 is 1.59. The number of carboxylic acids is 1. The van der Waals surface area contributed by atoms with Gasteiger partial charge in [0.15, 0.2) is 0 Å². The Hall–Kier alpha value is -2.21. The van der Waals surface area contributed by atoms with Gasteiger partial charge in [-0.3, -0.25) is 9.59 Å². The molecule has 2 rings (SSSR count). The zero-order valence-corrected chi connectivity index (χ0v) is 13.2. The van der Waals surface area contributed by atoms with E-state index in [-0.39, 0.29) is 12.5 Å². The molecule has 0 bridgehead atoms. The Bertz CT molecular complexity index is 640. The summed E-state index contributed by atoms with van der Waals surface area (Å²) in [6, 6.07) is 8.89. The van der Waals surface area contributed by atoms with Crippen LogP contribution in [0.1, 0.15) is 23.5 Å². The van der Waals surface area contributed by atoms with Crippen LogP contribution in [0.25, 0.3) is 0 Å². The second kappa shape index (κ2) is 7.70. The molecule has 2 aromatic rings. The number of para-hydroxylation sites is 1. The van der Waals surface area contributed by atoms with Crippen LogP contribution in [-0.2, 0) is 16.0 Å². The van der Waals surface area contributed by atoms with E-state index >= 15 is 0 Å². The molecule has 0 spiro atoms. The minimum absolute atomic E-state index is 0.179. The summed E-state index contributed by atoms with van der Waals surface area (Å²) in [6.45, 7) is 1.62. The van der Waals surface area contributed by atoms with Gasteiger partial charge in [0.05, 0.1) is 5.01 Å². The molecule has 22 heavy (non-hydrogen) atoms. The number of aryl methyl sites for hydroxylation is 2. The first kappa shape index (κ1) is 16.2. The lowest BCUT2D eigenvalue weighted by atomic mass is 10.2. The maximum atomic E-state index is 12.3. The van der Waals surface area contributed by atoms with E-state index < -0.39 is 5.97 Å². The molecular weight excluding hydrogens is 300 g/mol. The first-order chi connectivity index (χ1) is 10.6. The average molecular weight is 318 g/mol. The van der Waals surface area contributed by atoms with Crippen molar-refractivity contribution in [3.63, 3.8) is 0 Å². The third kappa shape index (κ3) is 4.66. The van der Waals surface area contributed by atoms with Gasteiger partial charge in [0, 0.05) is 23.2 Å². The predicted octanol–water partition coefficient (Wildman–Crippen LogP) is 2.89. The lowest BCUT2D eigenvalue weighted by Gasteiger charge is -2.20. The van der Waals surface area contributed by atoms with Crippen LogP contribution in [0.15, 0.2) is 35.7 Å². The van der Waals surface area contributed by atoms with Crippen LogP contribution in [0.2, 0.25) is 0 Å². The van der Waals surface area contributed by atoms with Gasteiger partial charge in [-0.05, 0) is 31.9 Å². The number of aromatic nitrogens is 1. The van der Waals surface area contributed by atoms with Crippen LogP contribution in [0, 0.1) is 6.92 Å². The average Bonchev–Trinajstić information content (AvgIpc) is 2.91. The van der Waals surface area contributed by atoms with E-state index in [1.54, 1.807) is 35.6 Å². The van der Waals surface area contributed by atoms with E-state index in [0.717, 1.165) is 17.1 Å². The number of hydrogen-bond acceptors (Lipinski definition) is 4. The summed E-state index contributed by atoms with van der Waals surface area (Å²) in [4.78, 5) is 29.0. The SMILES string of the molecule is Cc1csc(CCCC(=O)N(CC(=O)O)c2ccccc2)n1. The van der Waals surface area contributed by atoms with Crippen molar-refractivity contribution in [2.45, 2.75) is 26.2 Å². The molecule has 0 radical (unpaired) electrons. The van der Waals surface area contributed by atoms with Gasteiger partial charge in [0.25, 0.3) is 0 Å². The molecule has 1 aromatic heterocycles. The summed E-state index contributed by atoms with van der Waals surface area (Å²) in [7, 11) is 0. The van der Waals surface area contributed by atoms with Gasteiger partial charge in [-0.15, -0.1) is 11.3 Å². The van der Waals surface area contributed by atoms with E-state index in [1.165, 1.54) is 4.90 Å². The van der Waals surface area contributed by atoms with Crippen LogP contribution < -0.4 is 4.90 Å². The Kier molecular flexibility index (Phi) is 5.66. The number of hydrogen-bond donors (Lipinski definition) is 1. The number of thiazole rings is 1. The fourth-order valence-electron chi connectivity index (χ4n) is 2.11. The molecular formula is C16H18N2O3S. The number of benzene rings is 1. The van der Waals surface area contributed by atoms with Crippen molar-refractivity contribution >= 4 is 28.9 Å². The Morgan fingerprint density at radius 1 is 1.27 bits per heavy atom. The lowest BCUT2D eigenvalue weighted by Crippen LogP contribution is -2.35. The molecule has 0 saturated carbocycles. The first-order valence-electron chi connectivity index (χ1n) is 7.04. The summed E-state index contributed by atoms with van der Waals surface area (Å²) in [5, 5.41) is 12.0. The number of rotatable bonds is 7. The standard InChI is InChI=1S/C16H18N2O3S/c1-12-11-22-14(17-12)8-5-9-15(19)18(10-16(20)21)13-6-3-2-4-7-13/h2-4,6-7,11H,5,8-10H2,1H3,(H,20,21). The molecule has 1 N–H and O–H groups in total. The van der Waals surface area contributed by atoms with E-state index in [1.807, 2.05) is 18.4 Å². The highest BCUT2D eigenvalue weighted by Crippen LogP contribution is 2.16. The normalized spacial score (nSPS) is 10.4. The van der Waals surface area contributed by atoms with Crippen LogP contribution >= 0.6 is 11.3 Å². The maximum absolute atomic E-state index is 12.3. The zero-order chi connectivity index (χ0) is 15.9. The van der Waals surface area contributed by atoms with Gasteiger partial charge < -0.3 is 10.0 Å². The minimum Gasteiger partial charge on any atom is -0.480 e. The van der Waals surface area contributed by atoms with Crippen LogP contribution in [-0.4, -0.2) is 28.5 Å². The topological polar surface area (TPSA) is 70.5 Å². The summed E-state index contributed by atoms with van der Waals surface area (Å²) in [5.74, 6) is -1.20. The molecule has 0 aliphatic rings. The van der Waals surface area contributed by atoms with Crippen molar-refractivity contribution in [1.82, 2.24) is 4.98 Å². The highest BCUT2D eigenvalue weighted by molar-refractivity contribution is 7.09. The fourth-order valence-corrected chi connectivity index (χ4v) is 2.93. The lowest BCUT2D eigenvalue weighted by molar-refractivity contribution is -0.136. The largest absolute Gasteiger partial charge is 0.480 e. The third-order valence-corrected chi connectivity index (χ3v) is 4.14. The highest BCUT2D eigenvalue weighted by atomic mass is 32.1. The Balaban J connectivity index is 1.95. The van der Waals surface area contributed by atoms with E-state index in [4.69, 9.17) is 5.11 Å². The van der Waals surface area contributed by atoms with Gasteiger partial charge in [0.1, 0.15) is 6.54 Å². The Morgan fingerprint density at radius 3 is 2.59 bits per heavy atom. The van der Waals surface area contributed by atoms with Crippen molar-refractivity contribution in [1.29, 1.82) is 0 Å². The number of amides is 1. The van der Waals surface area contributed by atoms with Crippen LogP contribution in [0.5, 0.6) is 0 Å². The molecule has 0 aliphatic carbocycles. The number of nitrogens with zero attached hydrogens (tertiary/aromatic N) is 2. The second-order valence-corrected chi connectivity index (χ2v) is 5.89. The molecule has 1 heterocycles. The number of anilines is 1. The molecule has 0 aliphatic heterocycles. The summed E-state index contributed by atoms with van der Waals surface area (Å²) in [6.07, 6.45) is 1.70. The van der Waals surface area contributed by atoms with Crippen molar-refractivity contribution in [2.24, 2.45) is 0 Å². The van der Waals surface area contributed by atoms with Crippen LogP contribution in [0.4, 0.5) is 5.69 Å². The molecule has 5 nitrogen and oxygen atoms in total. The van der Waals surface area contributed by atoms with Crippen molar-refractivity contribution in [3.8, 4) is 0 Å². The van der Waals surface area contributed by atoms with Gasteiger partial charge in [-0.2, -0.15) is 0 Å². The number of aliphatic carboxylic acids is 1. The molecule has 116 valence electrons. The molecule has 6 heteroatoms. The van der Waals surface area contributed by atoms with Crippen molar-refractivity contribution in [3.05, 3.63) is 46.4 Å². The van der Waals surface area contributed by atoms with Gasteiger partial charge in [-0.1, -0.05) is 18.2 Å². The van der Waals surface area contributed by atoms with Gasteiger partial charge in [0.2, 0.25) is 5.91 Å². The molecule has 0 unspecified atom stereocenters. The minimum atomic E-state index is -1.02. The van der Waals surface area contributed by atoms with E-state index in [2.05, 4.69) is 4.98 Å². The summed E-state index contributed by atoms with van der Waals surface area (Å²) < 4.78 is 0. The number of carboxylic acid groups (broad SMARTS) is 1. The predicted molar refractivity (Wildman–Crippen MR) is 86.2 cm³/mol. The zero-order valence-electron chi connectivity index (χ0n) is 12.4. The maximum Gasteiger partial charge on any atom is 0.323 e. The van der Waals surface area contributed by atoms with Gasteiger partial charge >= 0.3 is 5.97 Å².